The lowest BCUT2D eigenvalue weighted by atomic mass is 9.90. The van der Waals surface area contributed by atoms with Gasteiger partial charge in [-0.1, -0.05) is 60.7 Å². The zero-order valence-corrected chi connectivity index (χ0v) is 16.8. The Kier molecular flexibility index (Phi) is 5.52. The summed E-state index contributed by atoms with van der Waals surface area (Å²) in [7, 11) is 1.44. The number of carbonyl (C=O) groups is 1. The van der Waals surface area contributed by atoms with Gasteiger partial charge in [0, 0.05) is 39.3 Å². The van der Waals surface area contributed by atoms with Crippen LogP contribution in [0.2, 0.25) is 0 Å². The van der Waals surface area contributed by atoms with Crippen LogP contribution in [0.1, 0.15) is 17.0 Å². The van der Waals surface area contributed by atoms with Crippen molar-refractivity contribution in [3.8, 4) is 0 Å². The van der Waals surface area contributed by atoms with E-state index in [1.165, 1.54) is 13.1 Å². The molecule has 0 spiro atoms. The van der Waals surface area contributed by atoms with Crippen molar-refractivity contribution in [1.29, 1.82) is 0 Å². The maximum atomic E-state index is 13.5. The molecule has 1 aromatic heterocycles. The maximum Gasteiger partial charge on any atom is 0.329 e. The summed E-state index contributed by atoms with van der Waals surface area (Å²) in [5, 5.41) is 0. The highest BCUT2D eigenvalue weighted by Crippen LogP contribution is 2.27. The number of rotatable bonds is 4. The Hall–Kier alpha value is -3.61. The predicted molar refractivity (Wildman–Crippen MR) is 116 cm³/mol. The van der Waals surface area contributed by atoms with Crippen LogP contribution >= 0.6 is 0 Å². The molecule has 0 saturated carbocycles. The minimum Gasteiger partial charge on any atom is -0.354 e. The molecule has 1 aliphatic rings. The molecule has 2 heterocycles. The molecule has 4 rings (SSSR count). The van der Waals surface area contributed by atoms with Crippen molar-refractivity contribution in [2.24, 2.45) is 7.05 Å². The third-order valence-corrected chi connectivity index (χ3v) is 5.58. The zero-order chi connectivity index (χ0) is 21.1. The van der Waals surface area contributed by atoms with Gasteiger partial charge in [0.05, 0.1) is 5.92 Å². The second kappa shape index (κ2) is 8.41. The lowest BCUT2D eigenvalue weighted by Crippen LogP contribution is -2.51. The van der Waals surface area contributed by atoms with Crippen molar-refractivity contribution >= 4 is 11.7 Å². The highest BCUT2D eigenvalue weighted by atomic mass is 16.2. The molecular weight excluding hydrogens is 380 g/mol. The van der Waals surface area contributed by atoms with Crippen molar-refractivity contribution in [2.45, 2.75) is 5.92 Å². The van der Waals surface area contributed by atoms with E-state index in [9.17, 15) is 14.4 Å². The Morgan fingerprint density at radius 3 is 1.90 bits per heavy atom. The maximum absolute atomic E-state index is 13.5. The molecule has 0 aliphatic carbocycles. The molecule has 30 heavy (non-hydrogen) atoms. The first-order chi connectivity index (χ1) is 14.5. The van der Waals surface area contributed by atoms with Gasteiger partial charge >= 0.3 is 5.69 Å². The summed E-state index contributed by atoms with van der Waals surface area (Å²) in [6.45, 7) is 2.13. The van der Waals surface area contributed by atoms with E-state index in [0.717, 1.165) is 15.7 Å². The Balaban J connectivity index is 1.54. The van der Waals surface area contributed by atoms with Gasteiger partial charge in [0.1, 0.15) is 5.82 Å². The van der Waals surface area contributed by atoms with Crippen molar-refractivity contribution < 1.29 is 4.79 Å². The van der Waals surface area contributed by atoms with E-state index < -0.39 is 5.69 Å². The number of piperazine rings is 1. The molecule has 1 fully saturated rings. The summed E-state index contributed by atoms with van der Waals surface area (Å²) >= 11 is 0. The fraction of sp³-hybridized carbons (Fsp3) is 0.261. The number of anilines is 1. The van der Waals surface area contributed by atoms with Gasteiger partial charge in [0.25, 0.3) is 5.56 Å². The van der Waals surface area contributed by atoms with Crippen LogP contribution in [0.5, 0.6) is 0 Å². The van der Waals surface area contributed by atoms with Crippen LogP contribution in [0.4, 0.5) is 5.82 Å². The molecule has 7 nitrogen and oxygen atoms in total. The van der Waals surface area contributed by atoms with Gasteiger partial charge < -0.3 is 9.80 Å². The van der Waals surface area contributed by atoms with Crippen molar-refractivity contribution in [2.75, 3.05) is 31.1 Å². The molecule has 1 aliphatic heterocycles. The smallest absolute Gasteiger partial charge is 0.329 e. The van der Waals surface area contributed by atoms with Gasteiger partial charge in [-0.05, 0) is 11.1 Å². The molecule has 1 amide bonds. The second-order valence-electron chi connectivity index (χ2n) is 7.42. The number of aromatic nitrogens is 2. The van der Waals surface area contributed by atoms with Gasteiger partial charge in [-0.2, -0.15) is 0 Å². The van der Waals surface area contributed by atoms with E-state index in [1.54, 1.807) is 0 Å². The molecule has 2 aromatic carbocycles. The van der Waals surface area contributed by atoms with E-state index in [4.69, 9.17) is 0 Å². The number of benzene rings is 2. The molecular formula is C23H24N4O3. The quantitative estimate of drug-likeness (QED) is 0.716. The fourth-order valence-electron chi connectivity index (χ4n) is 3.83. The van der Waals surface area contributed by atoms with Crippen LogP contribution in [0.15, 0.2) is 76.3 Å². The summed E-state index contributed by atoms with van der Waals surface area (Å²) in [5.41, 5.74) is 1.14. The lowest BCUT2D eigenvalue weighted by molar-refractivity contribution is -0.132. The van der Waals surface area contributed by atoms with Crippen LogP contribution in [-0.4, -0.2) is 46.5 Å². The van der Waals surface area contributed by atoms with Crippen LogP contribution in [-0.2, 0) is 11.8 Å². The summed E-state index contributed by atoms with van der Waals surface area (Å²) < 4.78 is 1.04. The fourth-order valence-corrected chi connectivity index (χ4v) is 3.83. The number of carbonyl (C=O) groups excluding carboxylic acids is 1. The lowest BCUT2D eigenvalue weighted by Gasteiger charge is -2.37. The minimum absolute atomic E-state index is 0.0597. The van der Waals surface area contributed by atoms with E-state index in [0.29, 0.717) is 32.0 Å². The number of hydrogen-bond acceptors (Lipinski definition) is 4. The summed E-state index contributed by atoms with van der Waals surface area (Å²) in [4.78, 5) is 43.9. The SMILES string of the molecule is Cn1c(=O)cc(N2CCN(C(=O)C(c3ccccc3)c3ccccc3)CC2)[nH]c1=O. The van der Waals surface area contributed by atoms with E-state index >= 15 is 0 Å². The van der Waals surface area contributed by atoms with Gasteiger partial charge in [0.15, 0.2) is 0 Å². The Labute approximate surface area is 174 Å². The number of nitrogens with one attached hydrogen (secondary N) is 1. The Bertz CT molecular complexity index is 1060. The second-order valence-corrected chi connectivity index (χ2v) is 7.42. The normalized spacial score (nSPS) is 14.2. The summed E-state index contributed by atoms with van der Waals surface area (Å²) in [6, 6.07) is 21.0. The highest BCUT2D eigenvalue weighted by Gasteiger charge is 2.30. The van der Waals surface area contributed by atoms with Crippen LogP contribution < -0.4 is 16.1 Å². The number of amides is 1. The van der Waals surface area contributed by atoms with Gasteiger partial charge in [-0.15, -0.1) is 0 Å². The summed E-state index contributed by atoms with van der Waals surface area (Å²) in [5.74, 6) is 0.199. The Morgan fingerprint density at radius 1 is 0.867 bits per heavy atom. The molecule has 1 N–H and O–H groups in total. The molecule has 0 bridgehead atoms. The number of nitrogens with zero attached hydrogens (tertiary/aromatic N) is 3. The molecule has 0 radical (unpaired) electrons. The van der Waals surface area contributed by atoms with Crippen molar-refractivity contribution in [1.82, 2.24) is 14.5 Å². The monoisotopic (exact) mass is 404 g/mol. The predicted octanol–water partition coefficient (Wildman–Crippen LogP) is 1.55. The van der Waals surface area contributed by atoms with Crippen LogP contribution in [0, 0.1) is 0 Å². The van der Waals surface area contributed by atoms with E-state index in [1.807, 2.05) is 70.5 Å². The first-order valence-electron chi connectivity index (χ1n) is 9.98. The minimum atomic E-state index is -0.441. The van der Waals surface area contributed by atoms with Crippen LogP contribution in [0.25, 0.3) is 0 Å². The summed E-state index contributed by atoms with van der Waals surface area (Å²) in [6.07, 6.45) is 0. The van der Waals surface area contributed by atoms with Crippen molar-refractivity contribution in [3.63, 3.8) is 0 Å². The highest BCUT2D eigenvalue weighted by molar-refractivity contribution is 5.87. The first-order valence-corrected chi connectivity index (χ1v) is 9.98. The number of hydrogen-bond donors (Lipinski definition) is 1. The first kappa shape index (κ1) is 19.7. The molecule has 0 unspecified atom stereocenters. The van der Waals surface area contributed by atoms with Gasteiger partial charge in [-0.3, -0.25) is 19.1 Å². The van der Waals surface area contributed by atoms with Gasteiger partial charge in [-0.25, -0.2) is 4.79 Å². The molecule has 0 atom stereocenters. The third kappa shape index (κ3) is 3.91. The molecule has 154 valence electrons. The molecule has 3 aromatic rings. The third-order valence-electron chi connectivity index (χ3n) is 5.58. The number of H-pyrrole nitrogens is 1. The average Bonchev–Trinajstić information content (AvgIpc) is 2.79. The van der Waals surface area contributed by atoms with E-state index in [-0.39, 0.29) is 17.4 Å². The van der Waals surface area contributed by atoms with Crippen LogP contribution in [0.3, 0.4) is 0 Å². The molecule has 1 saturated heterocycles. The van der Waals surface area contributed by atoms with E-state index in [2.05, 4.69) is 4.98 Å². The molecule has 7 heteroatoms. The zero-order valence-electron chi connectivity index (χ0n) is 16.8. The number of aromatic amines is 1. The largest absolute Gasteiger partial charge is 0.354 e. The standard InChI is InChI=1S/C23H24N4O3/c1-25-20(28)16-19(24-23(25)30)26-12-14-27(15-13-26)22(29)21(17-8-4-2-5-9-17)18-10-6-3-7-11-18/h2-11,16,21H,12-15H2,1H3,(H,24,30). The Morgan fingerprint density at radius 2 is 1.40 bits per heavy atom. The topological polar surface area (TPSA) is 78.4 Å². The average molecular weight is 404 g/mol. The van der Waals surface area contributed by atoms with Gasteiger partial charge in [0.2, 0.25) is 5.91 Å². The van der Waals surface area contributed by atoms with Crippen molar-refractivity contribution in [3.05, 3.63) is 98.7 Å².